The van der Waals surface area contributed by atoms with Crippen molar-refractivity contribution in [3.05, 3.63) is 0 Å². The highest BCUT2D eigenvalue weighted by molar-refractivity contribution is 6.67. The highest BCUT2D eigenvalue weighted by Gasteiger charge is 2.65. The van der Waals surface area contributed by atoms with Crippen LogP contribution in [-0.4, -0.2) is 42.7 Å². The minimum absolute atomic E-state index is 0.124. The van der Waals surface area contributed by atoms with E-state index >= 15 is 0 Å². The summed E-state index contributed by atoms with van der Waals surface area (Å²) >= 11 is 5.94. The first kappa shape index (κ1) is 12.3. The Labute approximate surface area is 103 Å². The van der Waals surface area contributed by atoms with Crippen LogP contribution in [-0.2, 0) is 23.8 Å². The van der Waals surface area contributed by atoms with Crippen molar-refractivity contribution in [3.8, 4) is 0 Å². The van der Waals surface area contributed by atoms with Crippen molar-refractivity contribution < 1.29 is 23.8 Å². The van der Waals surface area contributed by atoms with E-state index in [1.165, 1.54) is 14.2 Å². The fraction of sp³-hybridized carbons (Fsp3) is 0.700. The first-order chi connectivity index (χ1) is 7.89. The maximum atomic E-state index is 11.9. The largest absolute Gasteiger partial charge is 0.469 e. The molecular formula is C10H12ClNO5. The maximum Gasteiger partial charge on any atom is 0.363 e. The molecule has 0 N–H and O–H groups in total. The van der Waals surface area contributed by atoms with Crippen molar-refractivity contribution in [1.82, 2.24) is 0 Å². The van der Waals surface area contributed by atoms with Crippen molar-refractivity contribution >= 4 is 28.7 Å². The number of fused-ring (bicyclic) bond motifs is 2. The van der Waals surface area contributed by atoms with Crippen LogP contribution < -0.4 is 0 Å². The van der Waals surface area contributed by atoms with Crippen LogP contribution in [0.1, 0.15) is 13.3 Å². The van der Waals surface area contributed by atoms with Gasteiger partial charge in [0.05, 0.1) is 7.11 Å². The molecular weight excluding hydrogens is 250 g/mol. The molecule has 0 aliphatic carbocycles. The van der Waals surface area contributed by atoms with Gasteiger partial charge in [-0.15, -0.1) is 0 Å². The van der Waals surface area contributed by atoms with Crippen LogP contribution in [0.3, 0.4) is 0 Å². The zero-order chi connectivity index (χ0) is 12.8. The van der Waals surface area contributed by atoms with Crippen LogP contribution in [0.4, 0.5) is 0 Å². The number of aliphatic imine (C=N–C) groups is 1. The van der Waals surface area contributed by atoms with E-state index in [0.29, 0.717) is 0 Å². The molecule has 0 saturated carbocycles. The molecule has 3 atom stereocenters. The maximum absolute atomic E-state index is 11.9. The summed E-state index contributed by atoms with van der Waals surface area (Å²) in [5.74, 6) is -2.12. The molecule has 94 valence electrons. The topological polar surface area (TPSA) is 74.2 Å². The van der Waals surface area contributed by atoms with E-state index in [0.717, 1.165) is 0 Å². The minimum atomic E-state index is -1.71. The molecule has 2 bridgehead atoms. The number of carbonyl (C=O) groups is 2. The van der Waals surface area contributed by atoms with Gasteiger partial charge in [0.1, 0.15) is 11.1 Å². The quantitative estimate of drug-likeness (QED) is 0.676. The van der Waals surface area contributed by atoms with Crippen LogP contribution >= 0.6 is 11.6 Å². The van der Waals surface area contributed by atoms with Gasteiger partial charge in [-0.2, -0.15) is 0 Å². The fourth-order valence-electron chi connectivity index (χ4n) is 2.16. The molecule has 0 aromatic carbocycles. The molecule has 0 aromatic heterocycles. The van der Waals surface area contributed by atoms with Crippen LogP contribution in [0.15, 0.2) is 4.99 Å². The number of nitrogens with zero attached hydrogens (tertiary/aromatic N) is 1. The predicted octanol–water partition coefficient (Wildman–Crippen LogP) is 0.475. The molecule has 0 aromatic rings. The molecule has 6 nitrogen and oxygen atoms in total. The van der Waals surface area contributed by atoms with Crippen molar-refractivity contribution in [3.63, 3.8) is 0 Å². The number of ether oxygens (including phenoxy) is 3. The lowest BCUT2D eigenvalue weighted by molar-refractivity contribution is -0.213. The van der Waals surface area contributed by atoms with Crippen LogP contribution in [0.5, 0.6) is 0 Å². The highest BCUT2D eigenvalue weighted by atomic mass is 35.5. The monoisotopic (exact) mass is 261 g/mol. The second kappa shape index (κ2) is 3.68. The molecule has 3 heterocycles. The second-order valence-electron chi connectivity index (χ2n) is 4.20. The molecule has 0 unspecified atom stereocenters. The van der Waals surface area contributed by atoms with E-state index in [9.17, 15) is 9.59 Å². The Morgan fingerprint density at radius 1 is 1.59 bits per heavy atom. The Hall–Kier alpha value is -1.14. The van der Waals surface area contributed by atoms with Gasteiger partial charge in [-0.25, -0.2) is 9.79 Å². The van der Waals surface area contributed by atoms with Crippen LogP contribution in [0.2, 0.25) is 0 Å². The van der Waals surface area contributed by atoms with E-state index in [2.05, 4.69) is 9.73 Å². The molecule has 3 rings (SSSR count). The lowest BCUT2D eigenvalue weighted by Crippen LogP contribution is -2.65. The Morgan fingerprint density at radius 3 is 2.76 bits per heavy atom. The van der Waals surface area contributed by atoms with Crippen molar-refractivity contribution in [1.29, 1.82) is 0 Å². The van der Waals surface area contributed by atoms with Gasteiger partial charge in [-0.05, 0) is 6.92 Å². The second-order valence-corrected chi connectivity index (χ2v) is 4.56. The van der Waals surface area contributed by atoms with Crippen molar-refractivity contribution in [2.45, 2.75) is 24.7 Å². The number of hydrogen-bond acceptors (Lipinski definition) is 6. The fourth-order valence-corrected chi connectivity index (χ4v) is 2.40. The van der Waals surface area contributed by atoms with E-state index in [-0.39, 0.29) is 11.6 Å². The number of halogens is 1. The standard InChI is InChI=1S/C10H12ClNO5/c1-9-4-5(6(13)15-2)10(16-3,8(14)17-9)12-7(9)11/h5H,4H2,1-3H3/t5-,9+,10-/m1/s1. The van der Waals surface area contributed by atoms with Gasteiger partial charge in [-0.3, -0.25) is 4.79 Å². The third-order valence-electron chi connectivity index (χ3n) is 3.17. The lowest BCUT2D eigenvalue weighted by Gasteiger charge is -2.48. The Balaban J connectivity index is 2.53. The summed E-state index contributed by atoms with van der Waals surface area (Å²) < 4.78 is 14.9. The Kier molecular flexibility index (Phi) is 2.67. The summed E-state index contributed by atoms with van der Waals surface area (Å²) in [6.07, 6.45) is 0.196. The molecule has 3 aliphatic rings. The molecule has 3 aliphatic heterocycles. The van der Waals surface area contributed by atoms with Crippen molar-refractivity contribution in [2.75, 3.05) is 14.2 Å². The highest BCUT2D eigenvalue weighted by Crippen LogP contribution is 2.46. The normalized spacial score (nSPS) is 39.6. The Bertz CT molecular complexity index is 423. The lowest BCUT2D eigenvalue weighted by atomic mass is 9.78. The molecule has 7 heteroatoms. The summed E-state index contributed by atoms with van der Waals surface area (Å²) in [5.41, 5.74) is -2.78. The molecule has 0 radical (unpaired) electrons. The summed E-state index contributed by atoms with van der Waals surface area (Å²) in [6.45, 7) is 1.60. The first-order valence-corrected chi connectivity index (χ1v) is 5.39. The van der Waals surface area contributed by atoms with Gasteiger partial charge in [0.15, 0.2) is 5.60 Å². The van der Waals surface area contributed by atoms with E-state index in [1.807, 2.05) is 0 Å². The molecule has 0 amide bonds. The number of hydrogen-bond donors (Lipinski definition) is 0. The summed E-state index contributed by atoms with van der Waals surface area (Å²) in [7, 11) is 2.52. The van der Waals surface area contributed by atoms with Gasteiger partial charge in [0.25, 0.3) is 5.72 Å². The summed E-state index contributed by atoms with van der Waals surface area (Å²) in [4.78, 5) is 27.6. The van der Waals surface area contributed by atoms with Gasteiger partial charge < -0.3 is 14.2 Å². The average molecular weight is 262 g/mol. The Morgan fingerprint density at radius 2 is 2.24 bits per heavy atom. The third-order valence-corrected chi connectivity index (χ3v) is 3.66. The smallest absolute Gasteiger partial charge is 0.363 e. The first-order valence-electron chi connectivity index (χ1n) is 5.02. The van der Waals surface area contributed by atoms with E-state index in [1.54, 1.807) is 6.92 Å². The molecule has 17 heavy (non-hydrogen) atoms. The van der Waals surface area contributed by atoms with E-state index < -0.39 is 29.2 Å². The minimum Gasteiger partial charge on any atom is -0.469 e. The molecule has 1 saturated heterocycles. The number of rotatable bonds is 2. The molecule has 0 spiro atoms. The zero-order valence-corrected chi connectivity index (χ0v) is 10.4. The summed E-state index contributed by atoms with van der Waals surface area (Å²) in [5, 5.41) is 0.124. The third kappa shape index (κ3) is 1.47. The zero-order valence-electron chi connectivity index (χ0n) is 9.65. The SMILES string of the molecule is COC(=O)[C@H]1C[C@]2(C)OC(=O)[C@@]1(OC)N=C2Cl. The van der Waals surface area contributed by atoms with Crippen LogP contribution in [0.25, 0.3) is 0 Å². The summed E-state index contributed by atoms with van der Waals surface area (Å²) in [6, 6.07) is 0. The molecule has 1 fully saturated rings. The number of esters is 2. The van der Waals surface area contributed by atoms with Crippen molar-refractivity contribution in [2.24, 2.45) is 10.9 Å². The van der Waals surface area contributed by atoms with Gasteiger partial charge in [-0.1, -0.05) is 11.6 Å². The average Bonchev–Trinajstić information content (AvgIpc) is 2.30. The number of methoxy groups -OCH3 is 2. The number of carbonyl (C=O) groups excluding carboxylic acids is 2. The van der Waals surface area contributed by atoms with Crippen LogP contribution in [0, 0.1) is 5.92 Å². The van der Waals surface area contributed by atoms with Gasteiger partial charge in [0, 0.05) is 13.5 Å². The van der Waals surface area contributed by atoms with Gasteiger partial charge in [0.2, 0.25) is 0 Å². The van der Waals surface area contributed by atoms with E-state index in [4.69, 9.17) is 21.1 Å². The van der Waals surface area contributed by atoms with Gasteiger partial charge >= 0.3 is 11.9 Å². The predicted molar refractivity (Wildman–Crippen MR) is 57.6 cm³/mol.